The van der Waals surface area contributed by atoms with E-state index in [0.717, 1.165) is 55.8 Å². The molecule has 3 aromatic carbocycles. The lowest BCUT2D eigenvalue weighted by molar-refractivity contribution is -0.137. The highest BCUT2D eigenvalue weighted by Crippen LogP contribution is 2.36. The Morgan fingerprint density at radius 3 is 2.21 bits per heavy atom. The summed E-state index contributed by atoms with van der Waals surface area (Å²) in [7, 11) is 0. The molecule has 1 N–H and O–H groups in total. The SMILES string of the molecule is Fc1ccc(-c2cc(COCC3(c4ccccc4)CCNCC3)cc(C(F)(F)F)c2)cc1F. The lowest BCUT2D eigenvalue weighted by Crippen LogP contribution is -2.43. The number of nitrogens with one attached hydrogen (secondary N) is 1. The van der Waals surface area contributed by atoms with Crippen molar-refractivity contribution in [1.82, 2.24) is 5.32 Å². The Balaban J connectivity index is 1.58. The van der Waals surface area contributed by atoms with Crippen LogP contribution in [-0.2, 0) is 22.9 Å². The third-order valence-corrected chi connectivity index (χ3v) is 6.17. The molecule has 0 radical (unpaired) electrons. The zero-order valence-corrected chi connectivity index (χ0v) is 17.9. The summed E-state index contributed by atoms with van der Waals surface area (Å²) in [6.45, 7) is 2.02. The third-order valence-electron chi connectivity index (χ3n) is 6.17. The third kappa shape index (κ3) is 5.42. The Morgan fingerprint density at radius 2 is 1.55 bits per heavy atom. The molecule has 1 aliphatic heterocycles. The van der Waals surface area contributed by atoms with Crippen molar-refractivity contribution < 1.29 is 26.7 Å². The van der Waals surface area contributed by atoms with Crippen molar-refractivity contribution in [3.05, 3.63) is 95.1 Å². The molecule has 0 bridgehead atoms. The Hall–Kier alpha value is -2.77. The number of alkyl halides is 3. The normalized spacial score (nSPS) is 16.0. The van der Waals surface area contributed by atoms with E-state index in [1.807, 2.05) is 18.2 Å². The van der Waals surface area contributed by atoms with Gasteiger partial charge in [0.1, 0.15) is 0 Å². The molecule has 1 saturated heterocycles. The second kappa shape index (κ2) is 9.61. The zero-order valence-electron chi connectivity index (χ0n) is 17.9. The minimum absolute atomic E-state index is 0.0252. The largest absolute Gasteiger partial charge is 0.416 e. The molecule has 0 saturated carbocycles. The second-order valence-electron chi connectivity index (χ2n) is 8.43. The number of piperidine rings is 1. The van der Waals surface area contributed by atoms with Crippen LogP contribution in [0.5, 0.6) is 0 Å². The van der Waals surface area contributed by atoms with Crippen LogP contribution >= 0.6 is 0 Å². The van der Waals surface area contributed by atoms with Crippen LogP contribution < -0.4 is 5.32 Å². The molecular formula is C26H24F5NO. The molecule has 0 amide bonds. The number of hydrogen-bond donors (Lipinski definition) is 1. The fraction of sp³-hybridized carbons (Fsp3) is 0.308. The lowest BCUT2D eigenvalue weighted by Gasteiger charge is -2.38. The van der Waals surface area contributed by atoms with E-state index in [2.05, 4.69) is 17.4 Å². The molecule has 1 aliphatic rings. The molecule has 0 aromatic heterocycles. The summed E-state index contributed by atoms with van der Waals surface area (Å²) in [6.07, 6.45) is -2.86. The maximum absolute atomic E-state index is 13.7. The average molecular weight is 461 g/mol. The smallest absolute Gasteiger partial charge is 0.376 e. The van der Waals surface area contributed by atoms with Gasteiger partial charge in [0.25, 0.3) is 0 Å². The van der Waals surface area contributed by atoms with Gasteiger partial charge >= 0.3 is 6.18 Å². The van der Waals surface area contributed by atoms with E-state index >= 15 is 0 Å². The second-order valence-corrected chi connectivity index (χ2v) is 8.43. The number of halogens is 5. The van der Waals surface area contributed by atoms with Gasteiger partial charge in [0.05, 0.1) is 18.8 Å². The Kier molecular flexibility index (Phi) is 6.81. The standard InChI is InChI=1S/C26H24F5NO/c27-23-7-6-19(15-24(23)28)20-12-18(13-22(14-20)26(29,30)31)16-33-17-25(8-10-32-11-9-25)21-4-2-1-3-5-21/h1-7,12-15,32H,8-11,16-17H2. The van der Waals surface area contributed by atoms with E-state index in [9.17, 15) is 22.0 Å². The Bertz CT molecular complexity index is 1090. The van der Waals surface area contributed by atoms with Crippen LogP contribution in [-0.4, -0.2) is 19.7 Å². The molecule has 7 heteroatoms. The van der Waals surface area contributed by atoms with Gasteiger partial charge in [0.2, 0.25) is 0 Å². The van der Waals surface area contributed by atoms with Crippen LogP contribution in [0, 0.1) is 11.6 Å². The van der Waals surface area contributed by atoms with Gasteiger partial charge in [-0.1, -0.05) is 36.4 Å². The molecule has 4 rings (SSSR count). The van der Waals surface area contributed by atoms with Crippen LogP contribution in [0.25, 0.3) is 11.1 Å². The summed E-state index contributed by atoms with van der Waals surface area (Å²) in [6, 6.07) is 16.6. The topological polar surface area (TPSA) is 21.3 Å². The molecule has 0 atom stereocenters. The molecule has 0 spiro atoms. The van der Waals surface area contributed by atoms with Gasteiger partial charge in [-0.15, -0.1) is 0 Å². The van der Waals surface area contributed by atoms with Gasteiger partial charge in [0, 0.05) is 5.41 Å². The molecule has 174 valence electrons. The number of hydrogen-bond acceptors (Lipinski definition) is 2. The first-order valence-electron chi connectivity index (χ1n) is 10.8. The predicted molar refractivity (Wildman–Crippen MR) is 117 cm³/mol. The fourth-order valence-electron chi connectivity index (χ4n) is 4.36. The summed E-state index contributed by atoms with van der Waals surface area (Å²) >= 11 is 0. The lowest BCUT2D eigenvalue weighted by atomic mass is 9.74. The first-order chi connectivity index (χ1) is 15.8. The maximum Gasteiger partial charge on any atom is 0.416 e. The van der Waals surface area contributed by atoms with Gasteiger partial charge in [-0.2, -0.15) is 13.2 Å². The van der Waals surface area contributed by atoms with Gasteiger partial charge in [0.15, 0.2) is 11.6 Å². The van der Waals surface area contributed by atoms with E-state index in [1.165, 1.54) is 12.1 Å². The van der Waals surface area contributed by atoms with Crippen LogP contribution in [0.4, 0.5) is 22.0 Å². The van der Waals surface area contributed by atoms with E-state index in [-0.39, 0.29) is 23.1 Å². The van der Waals surface area contributed by atoms with E-state index < -0.39 is 23.4 Å². The highest BCUT2D eigenvalue weighted by atomic mass is 19.4. The Morgan fingerprint density at radius 1 is 0.818 bits per heavy atom. The monoisotopic (exact) mass is 461 g/mol. The summed E-state index contributed by atoms with van der Waals surface area (Å²) in [5.74, 6) is -2.17. The highest BCUT2D eigenvalue weighted by molar-refractivity contribution is 5.65. The van der Waals surface area contributed by atoms with Crippen molar-refractivity contribution in [2.75, 3.05) is 19.7 Å². The van der Waals surface area contributed by atoms with Crippen LogP contribution in [0.2, 0.25) is 0 Å². The van der Waals surface area contributed by atoms with Crippen LogP contribution in [0.1, 0.15) is 29.5 Å². The van der Waals surface area contributed by atoms with E-state index in [4.69, 9.17) is 4.74 Å². The summed E-state index contributed by atoms with van der Waals surface area (Å²) in [5.41, 5.74) is 0.724. The van der Waals surface area contributed by atoms with Gasteiger partial charge in [-0.3, -0.25) is 0 Å². The zero-order chi connectivity index (χ0) is 23.5. The van der Waals surface area contributed by atoms with Gasteiger partial charge in [-0.05, 0) is 78.5 Å². The summed E-state index contributed by atoms with van der Waals surface area (Å²) in [4.78, 5) is 0. The van der Waals surface area contributed by atoms with Crippen LogP contribution in [0.3, 0.4) is 0 Å². The number of ether oxygens (including phenoxy) is 1. The van der Waals surface area contributed by atoms with Crippen molar-refractivity contribution in [1.29, 1.82) is 0 Å². The van der Waals surface area contributed by atoms with Gasteiger partial charge in [-0.25, -0.2) is 8.78 Å². The first kappa shape index (κ1) is 23.4. The minimum atomic E-state index is -4.58. The molecule has 0 aliphatic carbocycles. The predicted octanol–water partition coefficient (Wildman–Crippen LogP) is 6.49. The molecule has 33 heavy (non-hydrogen) atoms. The molecule has 0 unspecified atom stereocenters. The molecule has 1 heterocycles. The van der Waals surface area contributed by atoms with Crippen molar-refractivity contribution in [2.24, 2.45) is 0 Å². The average Bonchev–Trinajstić information content (AvgIpc) is 2.81. The minimum Gasteiger partial charge on any atom is -0.376 e. The molecule has 2 nitrogen and oxygen atoms in total. The Labute approximate surface area is 189 Å². The van der Waals surface area contributed by atoms with Crippen molar-refractivity contribution >= 4 is 0 Å². The van der Waals surface area contributed by atoms with E-state index in [1.54, 1.807) is 0 Å². The van der Waals surface area contributed by atoms with E-state index in [0.29, 0.717) is 12.2 Å². The van der Waals surface area contributed by atoms with Crippen molar-refractivity contribution in [3.8, 4) is 11.1 Å². The number of rotatable bonds is 6. The van der Waals surface area contributed by atoms with Crippen LogP contribution in [0.15, 0.2) is 66.7 Å². The molecular weight excluding hydrogens is 437 g/mol. The summed E-state index contributed by atoms with van der Waals surface area (Å²) < 4.78 is 73.5. The van der Waals surface area contributed by atoms with Gasteiger partial charge < -0.3 is 10.1 Å². The highest BCUT2D eigenvalue weighted by Gasteiger charge is 2.34. The quantitative estimate of drug-likeness (QED) is 0.424. The first-order valence-corrected chi connectivity index (χ1v) is 10.8. The number of benzene rings is 3. The molecule has 3 aromatic rings. The summed E-state index contributed by atoms with van der Waals surface area (Å²) in [5, 5.41) is 3.34. The van der Waals surface area contributed by atoms with Crippen molar-refractivity contribution in [3.63, 3.8) is 0 Å². The van der Waals surface area contributed by atoms with Crippen molar-refractivity contribution in [2.45, 2.75) is 31.0 Å². The fourth-order valence-corrected chi connectivity index (χ4v) is 4.36. The molecule has 1 fully saturated rings. The maximum atomic E-state index is 13.7.